The van der Waals surface area contributed by atoms with Gasteiger partial charge in [-0.2, -0.15) is 5.10 Å². The Hall–Kier alpha value is -0.680. The van der Waals surface area contributed by atoms with Crippen molar-refractivity contribution in [3.8, 4) is 0 Å². The van der Waals surface area contributed by atoms with Crippen LogP contribution in [0.3, 0.4) is 0 Å². The second kappa shape index (κ2) is 3.23. The van der Waals surface area contributed by atoms with Crippen LogP contribution in [-0.4, -0.2) is 27.5 Å². The highest BCUT2D eigenvalue weighted by Crippen LogP contribution is 2.26. The van der Waals surface area contributed by atoms with Crippen molar-refractivity contribution < 1.29 is 4.74 Å². The molecule has 0 saturated carbocycles. The summed E-state index contributed by atoms with van der Waals surface area (Å²) in [6.07, 6.45) is 1.26. The van der Waals surface area contributed by atoms with E-state index in [1.165, 1.54) is 0 Å². The molecule has 1 aromatic rings. The molecule has 1 N–H and O–H groups in total. The van der Waals surface area contributed by atoms with Gasteiger partial charge in [0.05, 0.1) is 12.1 Å². The summed E-state index contributed by atoms with van der Waals surface area (Å²) in [5.74, 6) is 0.937. The second-order valence-corrected chi connectivity index (χ2v) is 3.76. The minimum Gasteiger partial charge on any atom is -0.376 e. The van der Waals surface area contributed by atoms with Gasteiger partial charge < -0.3 is 4.74 Å². The average molecular weight is 199 g/mol. The highest BCUT2D eigenvalue weighted by molar-refractivity contribution is 7.71. The molecule has 1 saturated heterocycles. The summed E-state index contributed by atoms with van der Waals surface area (Å²) in [6, 6.07) is 0.353. The molecule has 2 rings (SSSR count). The van der Waals surface area contributed by atoms with Crippen molar-refractivity contribution in [1.82, 2.24) is 14.8 Å². The maximum atomic E-state index is 5.49. The number of aryl methyl sites for hydroxylation is 1. The normalized spacial score (nSPS) is 28.2. The van der Waals surface area contributed by atoms with E-state index in [0.717, 1.165) is 18.9 Å². The molecular weight excluding hydrogens is 186 g/mol. The molecule has 0 spiro atoms. The van der Waals surface area contributed by atoms with Crippen molar-refractivity contribution >= 4 is 12.2 Å². The van der Waals surface area contributed by atoms with Gasteiger partial charge in [0.1, 0.15) is 5.82 Å². The first kappa shape index (κ1) is 8.90. The number of hydrogen-bond donors (Lipinski definition) is 1. The molecule has 1 fully saturated rings. The molecule has 1 aromatic heterocycles. The van der Waals surface area contributed by atoms with Crippen LogP contribution in [0, 0.1) is 11.7 Å². The molecule has 0 amide bonds. The maximum Gasteiger partial charge on any atom is 0.195 e. The van der Waals surface area contributed by atoms with Crippen LogP contribution >= 0.6 is 12.2 Å². The van der Waals surface area contributed by atoms with E-state index in [-0.39, 0.29) is 6.10 Å². The number of aromatic amines is 1. The number of nitrogens with zero attached hydrogens (tertiary/aromatic N) is 2. The first-order valence-electron chi connectivity index (χ1n) is 4.45. The summed E-state index contributed by atoms with van der Waals surface area (Å²) >= 11 is 5.15. The molecule has 2 unspecified atom stereocenters. The van der Waals surface area contributed by atoms with Crippen LogP contribution in [0.5, 0.6) is 0 Å². The Labute approximate surface area is 81.9 Å². The summed E-state index contributed by atoms with van der Waals surface area (Å²) in [5.41, 5.74) is 0. The van der Waals surface area contributed by atoms with E-state index in [2.05, 4.69) is 17.1 Å². The highest BCUT2D eigenvalue weighted by atomic mass is 32.1. The molecule has 0 bridgehead atoms. The number of ether oxygens (including phenoxy) is 1. The molecule has 72 valence electrons. The summed E-state index contributed by atoms with van der Waals surface area (Å²) in [5, 5.41) is 6.88. The molecule has 13 heavy (non-hydrogen) atoms. The fraction of sp³-hybridized carbons (Fsp3) is 0.750. The van der Waals surface area contributed by atoms with Gasteiger partial charge in [-0.25, -0.2) is 0 Å². The van der Waals surface area contributed by atoms with Crippen molar-refractivity contribution in [1.29, 1.82) is 0 Å². The quantitative estimate of drug-likeness (QED) is 0.699. The van der Waals surface area contributed by atoms with Gasteiger partial charge in [-0.15, -0.1) is 0 Å². The van der Waals surface area contributed by atoms with Crippen molar-refractivity contribution in [2.24, 2.45) is 0 Å². The second-order valence-electron chi connectivity index (χ2n) is 3.38. The van der Waals surface area contributed by atoms with E-state index >= 15 is 0 Å². The van der Waals surface area contributed by atoms with Crippen LogP contribution in [0.25, 0.3) is 0 Å². The Morgan fingerprint density at radius 1 is 1.69 bits per heavy atom. The van der Waals surface area contributed by atoms with Crippen LogP contribution in [0.15, 0.2) is 0 Å². The Morgan fingerprint density at radius 2 is 2.46 bits per heavy atom. The lowest BCUT2D eigenvalue weighted by Crippen LogP contribution is -2.18. The molecule has 0 radical (unpaired) electrons. The van der Waals surface area contributed by atoms with Gasteiger partial charge in [0.15, 0.2) is 4.77 Å². The Morgan fingerprint density at radius 3 is 2.92 bits per heavy atom. The fourth-order valence-corrected chi connectivity index (χ4v) is 2.15. The van der Waals surface area contributed by atoms with Crippen LogP contribution < -0.4 is 0 Å². The lowest BCUT2D eigenvalue weighted by Gasteiger charge is -2.16. The molecule has 0 aromatic carbocycles. The summed E-state index contributed by atoms with van der Waals surface area (Å²) in [4.78, 5) is 0. The van der Waals surface area contributed by atoms with Gasteiger partial charge >= 0.3 is 0 Å². The van der Waals surface area contributed by atoms with Gasteiger partial charge in [0.2, 0.25) is 0 Å². The molecule has 2 heterocycles. The molecule has 0 aliphatic carbocycles. The molecule has 1 aliphatic heterocycles. The van der Waals surface area contributed by atoms with Crippen LogP contribution in [0.2, 0.25) is 0 Å². The third kappa shape index (κ3) is 1.42. The van der Waals surface area contributed by atoms with Gasteiger partial charge in [-0.1, -0.05) is 0 Å². The number of nitrogens with one attached hydrogen (secondary N) is 1. The monoisotopic (exact) mass is 199 g/mol. The zero-order chi connectivity index (χ0) is 9.42. The van der Waals surface area contributed by atoms with Gasteiger partial charge in [0.25, 0.3) is 0 Å². The van der Waals surface area contributed by atoms with Crippen LogP contribution in [0.1, 0.15) is 25.2 Å². The van der Waals surface area contributed by atoms with Crippen molar-refractivity contribution in [2.75, 3.05) is 6.61 Å². The zero-order valence-corrected chi connectivity index (χ0v) is 8.60. The van der Waals surface area contributed by atoms with Gasteiger partial charge in [-0.05, 0) is 32.5 Å². The van der Waals surface area contributed by atoms with Gasteiger partial charge in [0, 0.05) is 6.61 Å². The summed E-state index contributed by atoms with van der Waals surface area (Å²) in [6.45, 7) is 4.85. The van der Waals surface area contributed by atoms with E-state index in [1.807, 2.05) is 11.5 Å². The highest BCUT2D eigenvalue weighted by Gasteiger charge is 2.27. The van der Waals surface area contributed by atoms with E-state index in [9.17, 15) is 0 Å². The van der Waals surface area contributed by atoms with Crippen molar-refractivity contribution in [2.45, 2.75) is 32.4 Å². The van der Waals surface area contributed by atoms with Crippen molar-refractivity contribution in [3.05, 3.63) is 10.6 Å². The fourth-order valence-electron chi connectivity index (χ4n) is 1.83. The van der Waals surface area contributed by atoms with Gasteiger partial charge in [-0.3, -0.25) is 9.67 Å². The van der Waals surface area contributed by atoms with Crippen molar-refractivity contribution in [3.63, 3.8) is 0 Å². The minimum absolute atomic E-state index is 0.239. The lowest BCUT2D eigenvalue weighted by atomic mass is 10.1. The number of aromatic nitrogens is 3. The molecular formula is C8H13N3OS. The zero-order valence-electron chi connectivity index (χ0n) is 7.78. The van der Waals surface area contributed by atoms with E-state index in [4.69, 9.17) is 17.0 Å². The van der Waals surface area contributed by atoms with Crippen LogP contribution in [-0.2, 0) is 4.74 Å². The average Bonchev–Trinajstić information content (AvgIpc) is 2.60. The summed E-state index contributed by atoms with van der Waals surface area (Å²) < 4.78 is 8.23. The standard InChI is InChI=1S/C8H13N3OS/c1-5-7(3-4-12-5)11-6(2)9-10-8(11)13/h5,7H,3-4H2,1-2H3,(H,10,13). The first-order valence-corrected chi connectivity index (χ1v) is 4.86. The number of rotatable bonds is 1. The minimum atomic E-state index is 0.239. The van der Waals surface area contributed by atoms with E-state index < -0.39 is 0 Å². The van der Waals surface area contributed by atoms with E-state index in [1.54, 1.807) is 0 Å². The van der Waals surface area contributed by atoms with E-state index in [0.29, 0.717) is 10.8 Å². The first-order chi connectivity index (χ1) is 6.20. The number of H-pyrrole nitrogens is 1. The third-order valence-corrected chi connectivity index (χ3v) is 2.84. The third-order valence-electron chi connectivity index (χ3n) is 2.55. The Balaban J connectivity index is 2.39. The lowest BCUT2D eigenvalue weighted by molar-refractivity contribution is 0.107. The predicted molar refractivity (Wildman–Crippen MR) is 51.2 cm³/mol. The summed E-state index contributed by atoms with van der Waals surface area (Å²) in [7, 11) is 0. The molecule has 5 heteroatoms. The topological polar surface area (TPSA) is 42.8 Å². The van der Waals surface area contributed by atoms with Crippen LogP contribution in [0.4, 0.5) is 0 Å². The largest absolute Gasteiger partial charge is 0.376 e. The number of hydrogen-bond acceptors (Lipinski definition) is 3. The Kier molecular flexibility index (Phi) is 2.21. The predicted octanol–water partition coefficient (Wildman–Crippen LogP) is 1.60. The smallest absolute Gasteiger partial charge is 0.195 e. The molecule has 2 atom stereocenters. The molecule has 1 aliphatic rings. The Bertz CT molecular complexity index is 357. The SMILES string of the molecule is Cc1n[nH]c(=S)n1C1CCOC1C. The maximum absolute atomic E-state index is 5.49. The molecule has 4 nitrogen and oxygen atoms in total.